The van der Waals surface area contributed by atoms with Crippen molar-refractivity contribution in [3.05, 3.63) is 42.7 Å². The molecule has 2 saturated heterocycles. The Labute approximate surface area is 182 Å². The number of nitrogens with zero attached hydrogens (tertiary/aromatic N) is 3. The Balaban J connectivity index is 0.00000256. The van der Waals surface area contributed by atoms with Crippen molar-refractivity contribution >= 4 is 29.9 Å². The van der Waals surface area contributed by atoms with Gasteiger partial charge in [-0.1, -0.05) is 6.07 Å². The van der Waals surface area contributed by atoms with Gasteiger partial charge >= 0.3 is 0 Å². The molecular weight excluding hydrogens is 406 g/mol. The maximum atomic E-state index is 13.2. The summed E-state index contributed by atoms with van der Waals surface area (Å²) >= 11 is 0. The van der Waals surface area contributed by atoms with Gasteiger partial charge in [-0.05, 0) is 57.0 Å². The van der Waals surface area contributed by atoms with Crippen molar-refractivity contribution < 1.29 is 14.3 Å². The molecule has 2 amide bonds. The van der Waals surface area contributed by atoms with Gasteiger partial charge < -0.3 is 20.3 Å². The van der Waals surface area contributed by atoms with Crippen LogP contribution in [0.4, 0.5) is 5.69 Å². The lowest BCUT2D eigenvalue weighted by Gasteiger charge is -2.36. The third-order valence-corrected chi connectivity index (χ3v) is 5.71. The van der Waals surface area contributed by atoms with Gasteiger partial charge in [0.1, 0.15) is 11.3 Å². The van der Waals surface area contributed by atoms with Crippen LogP contribution in [-0.4, -0.2) is 59.3 Å². The van der Waals surface area contributed by atoms with Crippen molar-refractivity contribution in [2.75, 3.05) is 38.1 Å². The van der Waals surface area contributed by atoms with Gasteiger partial charge in [0.15, 0.2) is 6.61 Å². The van der Waals surface area contributed by atoms with E-state index in [1.165, 1.54) is 0 Å². The smallest absolute Gasteiger partial charge is 0.260 e. The number of hydrogen-bond acceptors (Lipinski definition) is 5. The normalized spacial score (nSPS) is 17.8. The van der Waals surface area contributed by atoms with Gasteiger partial charge in [0.2, 0.25) is 0 Å². The van der Waals surface area contributed by atoms with Gasteiger partial charge in [-0.2, -0.15) is 5.10 Å². The first kappa shape index (κ1) is 22.1. The molecule has 0 radical (unpaired) electrons. The molecule has 4 rings (SSSR count). The molecule has 0 spiro atoms. The van der Waals surface area contributed by atoms with Crippen LogP contribution in [0.1, 0.15) is 25.7 Å². The molecule has 9 heteroatoms. The average Bonchev–Trinajstić information content (AvgIpc) is 3.47. The molecule has 8 nitrogen and oxygen atoms in total. The van der Waals surface area contributed by atoms with Crippen molar-refractivity contribution in [2.45, 2.75) is 31.2 Å². The third-order valence-electron chi connectivity index (χ3n) is 5.71. The minimum atomic E-state index is -0.711. The molecule has 30 heavy (non-hydrogen) atoms. The summed E-state index contributed by atoms with van der Waals surface area (Å²) in [6.07, 6.45) is 6.99. The summed E-state index contributed by atoms with van der Waals surface area (Å²) in [4.78, 5) is 27.2. The van der Waals surface area contributed by atoms with E-state index in [2.05, 4.69) is 15.7 Å². The predicted octanol–water partition coefficient (Wildman–Crippen LogP) is 2.02. The van der Waals surface area contributed by atoms with Crippen molar-refractivity contribution in [3.63, 3.8) is 0 Å². The number of anilines is 1. The van der Waals surface area contributed by atoms with Crippen molar-refractivity contribution in [2.24, 2.45) is 0 Å². The first-order valence-electron chi connectivity index (χ1n) is 10.2. The summed E-state index contributed by atoms with van der Waals surface area (Å²) in [5, 5.41) is 10.7. The Bertz CT molecular complexity index is 846. The van der Waals surface area contributed by atoms with Crippen LogP contribution in [0, 0.1) is 0 Å². The molecule has 0 aliphatic carbocycles. The van der Waals surface area contributed by atoms with E-state index in [-0.39, 0.29) is 30.8 Å². The molecule has 1 aromatic heterocycles. The fourth-order valence-corrected chi connectivity index (χ4v) is 4.04. The fraction of sp³-hybridized carbons (Fsp3) is 0.476. The molecule has 0 bridgehead atoms. The van der Waals surface area contributed by atoms with E-state index in [4.69, 9.17) is 4.74 Å². The van der Waals surface area contributed by atoms with Crippen LogP contribution in [0.15, 0.2) is 42.7 Å². The molecule has 2 N–H and O–H groups in total. The molecule has 0 saturated carbocycles. The van der Waals surface area contributed by atoms with E-state index in [0.717, 1.165) is 39.0 Å². The topological polar surface area (TPSA) is 88.5 Å². The highest BCUT2D eigenvalue weighted by Crippen LogP contribution is 2.29. The molecular formula is C21H28ClN5O3. The second-order valence-corrected chi connectivity index (χ2v) is 7.59. The third kappa shape index (κ3) is 4.76. The molecule has 2 aliphatic heterocycles. The highest BCUT2D eigenvalue weighted by atomic mass is 35.5. The monoisotopic (exact) mass is 433 g/mol. The van der Waals surface area contributed by atoms with E-state index < -0.39 is 5.54 Å². The summed E-state index contributed by atoms with van der Waals surface area (Å²) < 4.78 is 7.44. The highest BCUT2D eigenvalue weighted by Gasteiger charge is 2.42. The zero-order valence-corrected chi connectivity index (χ0v) is 17.7. The lowest BCUT2D eigenvalue weighted by atomic mass is 9.87. The Morgan fingerprint density at radius 2 is 1.93 bits per heavy atom. The summed E-state index contributed by atoms with van der Waals surface area (Å²) in [7, 11) is 0. The minimum absolute atomic E-state index is 0. The van der Waals surface area contributed by atoms with Gasteiger partial charge in [-0.3, -0.25) is 14.3 Å². The molecule has 2 aromatic rings. The lowest BCUT2D eigenvalue weighted by Crippen LogP contribution is -2.52. The van der Waals surface area contributed by atoms with E-state index in [1.54, 1.807) is 23.0 Å². The Kier molecular flexibility index (Phi) is 7.33. The molecule has 3 heterocycles. The number of rotatable bonds is 6. The maximum absolute atomic E-state index is 13.2. The highest BCUT2D eigenvalue weighted by molar-refractivity contribution is 5.97. The van der Waals surface area contributed by atoms with Gasteiger partial charge in [0.25, 0.3) is 11.8 Å². The first-order valence-corrected chi connectivity index (χ1v) is 10.2. The van der Waals surface area contributed by atoms with Crippen molar-refractivity contribution in [1.29, 1.82) is 0 Å². The Morgan fingerprint density at radius 3 is 2.63 bits per heavy atom. The maximum Gasteiger partial charge on any atom is 0.260 e. The van der Waals surface area contributed by atoms with Crippen LogP contribution in [0.2, 0.25) is 0 Å². The number of likely N-dealkylation sites (tertiary alicyclic amines) is 1. The number of hydrogen-bond donors (Lipinski definition) is 2. The number of amides is 2. The molecule has 0 atom stereocenters. The zero-order valence-electron chi connectivity index (χ0n) is 16.9. The first-order chi connectivity index (χ1) is 14.2. The number of benzene rings is 1. The average molecular weight is 434 g/mol. The van der Waals surface area contributed by atoms with Crippen LogP contribution in [0.3, 0.4) is 0 Å². The number of piperidine rings is 1. The molecule has 2 aliphatic rings. The molecule has 2 fully saturated rings. The Morgan fingerprint density at radius 1 is 1.17 bits per heavy atom. The van der Waals surface area contributed by atoms with Crippen LogP contribution < -0.4 is 15.4 Å². The standard InChI is InChI=1S/C21H27N5O3.ClH/c27-19(25-12-1-2-13-25)16-29-18-6-3-5-17(15-18)24-20(28)21(7-10-22-11-8-21)26-14-4-9-23-26;/h3-6,9,14-15,22H,1-2,7-8,10-13,16H2,(H,24,28);1H. The summed E-state index contributed by atoms with van der Waals surface area (Å²) in [5.41, 5.74) is -0.0664. The number of carbonyl (C=O) groups is 2. The van der Waals surface area contributed by atoms with Crippen molar-refractivity contribution in [3.8, 4) is 5.75 Å². The SMILES string of the molecule is Cl.O=C(COc1cccc(NC(=O)C2(n3cccn3)CCNCC2)c1)N1CCCC1. The van der Waals surface area contributed by atoms with Gasteiger partial charge in [-0.25, -0.2) is 0 Å². The summed E-state index contributed by atoms with van der Waals surface area (Å²) in [6.45, 7) is 3.15. The van der Waals surface area contributed by atoms with Gasteiger partial charge in [-0.15, -0.1) is 12.4 Å². The minimum Gasteiger partial charge on any atom is -0.484 e. The quantitative estimate of drug-likeness (QED) is 0.727. The fourth-order valence-electron chi connectivity index (χ4n) is 4.04. The second-order valence-electron chi connectivity index (χ2n) is 7.59. The van der Waals surface area contributed by atoms with E-state index >= 15 is 0 Å². The van der Waals surface area contributed by atoms with E-state index in [1.807, 2.05) is 29.3 Å². The zero-order chi connectivity index (χ0) is 20.1. The number of carbonyl (C=O) groups excluding carboxylic acids is 2. The van der Waals surface area contributed by atoms with Crippen molar-refractivity contribution in [1.82, 2.24) is 20.0 Å². The number of nitrogens with one attached hydrogen (secondary N) is 2. The van der Waals surface area contributed by atoms with Crippen LogP contribution in [-0.2, 0) is 15.1 Å². The number of ether oxygens (including phenoxy) is 1. The molecule has 0 unspecified atom stereocenters. The lowest BCUT2D eigenvalue weighted by molar-refractivity contribution is -0.132. The van der Waals surface area contributed by atoms with Crippen LogP contribution in [0.25, 0.3) is 0 Å². The summed E-state index contributed by atoms with van der Waals surface area (Å²) in [6, 6.07) is 9.02. The number of aromatic nitrogens is 2. The Hall–Kier alpha value is -2.58. The summed E-state index contributed by atoms with van der Waals surface area (Å²) in [5.74, 6) is 0.478. The van der Waals surface area contributed by atoms with E-state index in [0.29, 0.717) is 24.3 Å². The van der Waals surface area contributed by atoms with Gasteiger partial charge in [0, 0.05) is 37.2 Å². The molecule has 1 aromatic carbocycles. The van der Waals surface area contributed by atoms with E-state index in [9.17, 15) is 9.59 Å². The predicted molar refractivity (Wildman–Crippen MR) is 116 cm³/mol. The molecule has 162 valence electrons. The van der Waals surface area contributed by atoms with Crippen LogP contribution >= 0.6 is 12.4 Å². The van der Waals surface area contributed by atoms with Gasteiger partial charge in [0.05, 0.1) is 0 Å². The second kappa shape index (κ2) is 9.95. The largest absolute Gasteiger partial charge is 0.484 e. The number of halogens is 1. The van der Waals surface area contributed by atoms with Crippen LogP contribution in [0.5, 0.6) is 5.75 Å².